The molecule has 71 heavy (non-hydrogen) atoms. The van der Waals surface area contributed by atoms with Crippen LogP contribution in [0.5, 0.6) is 40.2 Å². The Labute approximate surface area is 444 Å². The number of benzene rings is 8. The summed E-state index contributed by atoms with van der Waals surface area (Å²) in [5.74, 6) is -19.1. The molecule has 0 aliphatic rings. The third-order valence-electron chi connectivity index (χ3n) is 10.5. The van der Waals surface area contributed by atoms with Gasteiger partial charge in [-0.05, 0) is 101 Å². The molecule has 8 rings (SSSR count). The molecule has 0 amide bonds. The molecular formula is C50H28F8Na2O9S2. The Kier molecular flexibility index (Phi) is 16.9. The average Bonchev–Trinajstić information content (AvgIpc) is 3.35. The predicted octanol–water partition coefficient (Wildman–Crippen LogP) is 7.04. The number of sulfone groups is 1. The number of hydrogen-bond donors (Lipinski definition) is 0. The minimum absolute atomic E-state index is 0. The molecule has 0 radical (unpaired) electrons. The van der Waals surface area contributed by atoms with E-state index >= 15 is 17.6 Å². The van der Waals surface area contributed by atoms with Crippen molar-refractivity contribution in [1.29, 1.82) is 0 Å². The quantitative estimate of drug-likeness (QED) is 0.0393. The van der Waals surface area contributed by atoms with E-state index in [4.69, 9.17) is 18.9 Å². The Bertz CT molecular complexity index is 3460. The van der Waals surface area contributed by atoms with Crippen LogP contribution in [-0.2, 0) is 20.0 Å². The van der Waals surface area contributed by atoms with Crippen LogP contribution in [-0.4, -0.2) is 28.5 Å². The summed E-state index contributed by atoms with van der Waals surface area (Å²) < 4.78 is 203. The standard InChI is InChI=1S/C50H29F8O9S2.2Na/c1-26-42(51)44(53)40(45(54)43(26)52)41-46(55)48(57)50(49(58)47(41)56)67-35-17-9-30(10-18-35)28-5-13-32(14-6-28)65-33-19-21-36(22-20-33)68(59,60)37-23-24-38(39(25-37)69(61,62)63)66-34-15-7-29(8-16-34)27-3-11-31(64-2)12-4-27;;/h3-19,21-25H,1-2H3,(H,61,62,63);;/q-1;2*+1/p-1. The van der Waals surface area contributed by atoms with Gasteiger partial charge in [0, 0.05) is 11.3 Å². The molecule has 0 unspecified atom stereocenters. The summed E-state index contributed by atoms with van der Waals surface area (Å²) in [4.78, 5) is -1.73. The molecule has 352 valence electrons. The second kappa shape index (κ2) is 21.9. The van der Waals surface area contributed by atoms with Crippen LogP contribution in [0.3, 0.4) is 0 Å². The zero-order valence-corrected chi connectivity index (χ0v) is 42.8. The van der Waals surface area contributed by atoms with Crippen LogP contribution in [0.2, 0.25) is 0 Å². The van der Waals surface area contributed by atoms with E-state index in [-0.39, 0.29) is 87.0 Å². The molecule has 8 aromatic carbocycles. The molecule has 0 heterocycles. The van der Waals surface area contributed by atoms with Crippen molar-refractivity contribution >= 4 is 20.0 Å². The molecular weight excluding hydrogens is 1010 g/mol. The largest absolute Gasteiger partial charge is 1.00 e. The van der Waals surface area contributed by atoms with Crippen molar-refractivity contribution in [2.24, 2.45) is 0 Å². The molecule has 21 heteroatoms. The molecule has 0 saturated heterocycles. The van der Waals surface area contributed by atoms with Gasteiger partial charge in [-0.3, -0.25) is 0 Å². The topological polar surface area (TPSA) is 128 Å². The smallest absolute Gasteiger partial charge is 0.744 e. The Morgan fingerprint density at radius 1 is 0.465 bits per heavy atom. The summed E-state index contributed by atoms with van der Waals surface area (Å²) in [6.45, 7) is 0.642. The number of hydrogen-bond acceptors (Lipinski definition) is 9. The summed E-state index contributed by atoms with van der Waals surface area (Å²) >= 11 is 0. The van der Waals surface area contributed by atoms with Gasteiger partial charge in [-0.1, -0.05) is 48.5 Å². The molecule has 0 saturated carbocycles. The first-order valence-corrected chi connectivity index (χ1v) is 22.7. The Hall–Kier alpha value is -5.74. The second-order valence-electron chi connectivity index (χ2n) is 14.8. The van der Waals surface area contributed by atoms with Gasteiger partial charge in [-0.2, -0.15) is 20.9 Å². The van der Waals surface area contributed by atoms with Gasteiger partial charge in [0.2, 0.25) is 17.4 Å². The fourth-order valence-corrected chi connectivity index (χ4v) is 8.84. The van der Waals surface area contributed by atoms with Crippen LogP contribution in [0.25, 0.3) is 33.4 Å². The van der Waals surface area contributed by atoms with Crippen molar-refractivity contribution in [3.05, 3.63) is 192 Å². The molecule has 0 N–H and O–H groups in total. The number of methoxy groups -OCH3 is 1. The van der Waals surface area contributed by atoms with E-state index in [9.17, 15) is 39.0 Å². The van der Waals surface area contributed by atoms with E-state index in [0.717, 1.165) is 29.3 Å². The maximum absolute atomic E-state index is 15.1. The zero-order valence-electron chi connectivity index (χ0n) is 37.2. The molecule has 0 fully saturated rings. The van der Waals surface area contributed by atoms with Gasteiger partial charge >= 0.3 is 59.1 Å². The Balaban J connectivity index is 0.00000413. The van der Waals surface area contributed by atoms with Crippen LogP contribution in [0.1, 0.15) is 5.56 Å². The minimum Gasteiger partial charge on any atom is -0.744 e. The van der Waals surface area contributed by atoms with Crippen LogP contribution >= 0.6 is 0 Å². The molecule has 8 aromatic rings. The number of rotatable bonds is 13. The van der Waals surface area contributed by atoms with Crippen LogP contribution in [0, 0.1) is 59.5 Å². The first-order valence-electron chi connectivity index (χ1n) is 19.8. The van der Waals surface area contributed by atoms with Crippen molar-refractivity contribution in [3.63, 3.8) is 0 Å². The minimum atomic E-state index is -5.24. The number of ether oxygens (including phenoxy) is 4. The van der Waals surface area contributed by atoms with Gasteiger partial charge < -0.3 is 23.5 Å². The van der Waals surface area contributed by atoms with Gasteiger partial charge in [0.05, 0.1) is 28.0 Å². The van der Waals surface area contributed by atoms with Crippen LogP contribution < -0.4 is 78.1 Å². The van der Waals surface area contributed by atoms with E-state index < -0.39 is 104 Å². The van der Waals surface area contributed by atoms with E-state index in [1.54, 1.807) is 55.6 Å². The Morgan fingerprint density at radius 3 is 1.27 bits per heavy atom. The molecule has 0 aliphatic carbocycles. The van der Waals surface area contributed by atoms with Crippen molar-refractivity contribution < 1.29 is 135 Å². The van der Waals surface area contributed by atoms with Crippen LogP contribution in [0.15, 0.2) is 148 Å². The van der Waals surface area contributed by atoms with Gasteiger partial charge in [0.15, 0.2) is 44.7 Å². The van der Waals surface area contributed by atoms with Crippen molar-refractivity contribution in [1.82, 2.24) is 0 Å². The number of halogens is 8. The molecule has 0 aromatic heterocycles. The van der Waals surface area contributed by atoms with Crippen molar-refractivity contribution in [2.75, 3.05) is 7.11 Å². The molecule has 9 nitrogen and oxygen atoms in total. The second-order valence-corrected chi connectivity index (χ2v) is 18.1. The SMILES string of the molecule is COc1ccc(-c2ccc(Oc3ccc(S(=O)(=O)c4c[c-]c(Oc5ccc(-c6ccc(Oc7c(F)c(F)c(-c8c(F)c(F)c(C)c(F)c8F)c(F)c7F)cc6)cc5)cc4)cc3S(=O)(=O)[O-])cc2)cc1.[Na+].[Na+]. The summed E-state index contributed by atoms with van der Waals surface area (Å²) in [5.41, 5.74) is -2.47. The third kappa shape index (κ3) is 11.2. The van der Waals surface area contributed by atoms with E-state index in [1.165, 1.54) is 48.5 Å². The third-order valence-corrected chi connectivity index (χ3v) is 13.1. The van der Waals surface area contributed by atoms with E-state index in [0.29, 0.717) is 29.9 Å². The van der Waals surface area contributed by atoms with Gasteiger partial charge in [-0.15, -0.1) is 12.1 Å². The van der Waals surface area contributed by atoms with Crippen molar-refractivity contribution in [3.8, 4) is 73.6 Å². The average molecular weight is 1030 g/mol. The molecule has 0 atom stereocenters. The summed E-state index contributed by atoms with van der Waals surface area (Å²) in [7, 11) is -8.10. The monoisotopic (exact) mass is 1030 g/mol. The fraction of sp³-hybridized carbons (Fsp3) is 0.0400. The van der Waals surface area contributed by atoms with E-state index in [2.05, 4.69) is 6.07 Å². The predicted molar refractivity (Wildman–Crippen MR) is 232 cm³/mol. The molecule has 0 bridgehead atoms. The molecule has 0 spiro atoms. The normalized spacial score (nSPS) is 11.3. The van der Waals surface area contributed by atoms with E-state index in [1.807, 2.05) is 12.1 Å². The maximum atomic E-state index is 15.1. The van der Waals surface area contributed by atoms with Crippen molar-refractivity contribution in [2.45, 2.75) is 21.6 Å². The molecule has 0 aliphatic heterocycles. The van der Waals surface area contributed by atoms with Gasteiger partial charge in [0.25, 0.3) is 0 Å². The summed E-state index contributed by atoms with van der Waals surface area (Å²) in [6, 6.07) is 34.3. The first-order chi connectivity index (χ1) is 32.8. The van der Waals surface area contributed by atoms with Gasteiger partial charge in [-0.25, -0.2) is 43.2 Å². The maximum Gasteiger partial charge on any atom is 1.00 e. The summed E-state index contributed by atoms with van der Waals surface area (Å²) in [5, 5.41) is 0. The zero-order chi connectivity index (χ0) is 49.5. The first kappa shape index (κ1) is 54.6. The van der Waals surface area contributed by atoms with Crippen LogP contribution in [0.4, 0.5) is 35.1 Å². The fourth-order valence-electron chi connectivity index (χ4n) is 6.88. The Morgan fingerprint density at radius 2 is 0.859 bits per heavy atom. The van der Waals surface area contributed by atoms with Gasteiger partial charge in [0.1, 0.15) is 38.9 Å². The summed E-state index contributed by atoms with van der Waals surface area (Å²) in [6.07, 6.45) is 0.